The molecule has 0 atom stereocenters. The molecule has 0 aromatic heterocycles. The van der Waals surface area contributed by atoms with E-state index in [1.165, 1.54) is 6.07 Å². The zero-order valence-corrected chi connectivity index (χ0v) is 12.6. The Bertz CT molecular complexity index is 290. The van der Waals surface area contributed by atoms with Crippen LogP contribution in [0.3, 0.4) is 0 Å². The highest BCUT2D eigenvalue weighted by atomic mass is 19.1. The summed E-state index contributed by atoms with van der Waals surface area (Å²) in [6.45, 7) is 9.35. The molecule has 1 aromatic carbocycles. The molecule has 3 heteroatoms. The largest absolute Gasteiger partial charge is 0.376 e. The number of benzene rings is 1. The summed E-state index contributed by atoms with van der Waals surface area (Å²) in [4.78, 5) is 0. The van der Waals surface area contributed by atoms with Crippen molar-refractivity contribution in [2.75, 3.05) is 20.7 Å². The van der Waals surface area contributed by atoms with Gasteiger partial charge in [0.05, 0.1) is 13.2 Å². The number of fused-ring (bicyclic) bond motifs is 1. The summed E-state index contributed by atoms with van der Waals surface area (Å²) in [6.07, 6.45) is 0.840. The summed E-state index contributed by atoms with van der Waals surface area (Å²) in [5.74, 6) is -0.148. The van der Waals surface area contributed by atoms with Crippen molar-refractivity contribution in [1.29, 1.82) is 0 Å². The van der Waals surface area contributed by atoms with Crippen molar-refractivity contribution in [2.24, 2.45) is 0 Å². The van der Waals surface area contributed by atoms with E-state index in [1.54, 1.807) is 12.1 Å². The number of nitrogens with one attached hydrogen (secondary N) is 1. The van der Waals surface area contributed by atoms with E-state index in [9.17, 15) is 4.39 Å². The summed E-state index contributed by atoms with van der Waals surface area (Å²) >= 11 is 0. The van der Waals surface area contributed by atoms with E-state index in [0.29, 0.717) is 6.61 Å². The van der Waals surface area contributed by atoms with Gasteiger partial charge in [0.1, 0.15) is 5.82 Å². The predicted octanol–water partition coefficient (Wildman–Crippen LogP) is 3.79. The Morgan fingerprint density at radius 1 is 1.06 bits per heavy atom. The molecule has 0 bridgehead atoms. The first-order valence-electron chi connectivity index (χ1n) is 6.71. The third-order valence-corrected chi connectivity index (χ3v) is 1.94. The monoisotopic (exact) mass is 257 g/mol. The molecule has 1 N–H and O–H groups in total. The van der Waals surface area contributed by atoms with E-state index in [1.807, 2.05) is 41.8 Å². The first kappa shape index (κ1) is 19.4. The second-order valence-corrected chi connectivity index (χ2v) is 3.22. The highest BCUT2D eigenvalue weighted by molar-refractivity contribution is 5.28. The van der Waals surface area contributed by atoms with Crippen LogP contribution in [0, 0.1) is 5.82 Å². The Morgan fingerprint density at radius 2 is 1.61 bits per heavy atom. The predicted molar refractivity (Wildman–Crippen MR) is 77.4 cm³/mol. The molecule has 1 aliphatic rings. The van der Waals surface area contributed by atoms with Gasteiger partial charge in [-0.3, -0.25) is 0 Å². The Balaban J connectivity index is 0. The Labute approximate surface area is 112 Å². The highest BCUT2D eigenvalue weighted by Crippen LogP contribution is 2.17. The van der Waals surface area contributed by atoms with Gasteiger partial charge in [-0.1, -0.05) is 33.8 Å². The molecule has 0 saturated carbocycles. The maximum atomic E-state index is 12.7. The zero-order valence-electron chi connectivity index (χ0n) is 12.6. The summed E-state index contributed by atoms with van der Waals surface area (Å²) in [5.41, 5.74) is 2.22. The average Bonchev–Trinajstić information content (AvgIpc) is 2.44. The third-order valence-electron chi connectivity index (χ3n) is 1.94. The lowest BCUT2D eigenvalue weighted by molar-refractivity contribution is 0.110. The van der Waals surface area contributed by atoms with Gasteiger partial charge in [0.25, 0.3) is 0 Å². The second kappa shape index (κ2) is 14.1. The first-order chi connectivity index (χ1) is 8.77. The minimum absolute atomic E-state index is 0.148. The van der Waals surface area contributed by atoms with Gasteiger partial charge in [0.2, 0.25) is 0 Å². The lowest BCUT2D eigenvalue weighted by Gasteiger charge is -2.15. The van der Waals surface area contributed by atoms with Crippen molar-refractivity contribution < 1.29 is 9.13 Å². The number of rotatable bonds is 0. The van der Waals surface area contributed by atoms with Crippen LogP contribution in [0.4, 0.5) is 4.39 Å². The number of ether oxygens (including phenoxy) is 1. The van der Waals surface area contributed by atoms with Crippen molar-refractivity contribution >= 4 is 0 Å². The van der Waals surface area contributed by atoms with Crippen molar-refractivity contribution in [3.05, 3.63) is 35.1 Å². The topological polar surface area (TPSA) is 21.3 Å². The van der Waals surface area contributed by atoms with Crippen molar-refractivity contribution in [3.8, 4) is 0 Å². The SMILES string of the molecule is CC.CC.CNC.Fc1ccc2c(c1)CCOC2. The molecule has 0 unspecified atom stereocenters. The van der Waals surface area contributed by atoms with Crippen molar-refractivity contribution in [2.45, 2.75) is 40.7 Å². The normalized spacial score (nSPS) is 11.5. The Kier molecular flexibility index (Phi) is 15.2. The van der Waals surface area contributed by atoms with E-state index in [0.717, 1.165) is 24.2 Å². The Hall–Kier alpha value is -0.930. The standard InChI is InChI=1S/C9H9FO.C2H7N.2C2H6/c10-9-2-1-8-6-11-4-3-7(8)5-9;1-3-2;2*1-2/h1-2,5H,3-4,6H2;3H,1-2H3;2*1-2H3. The van der Waals surface area contributed by atoms with Gasteiger partial charge in [0, 0.05) is 0 Å². The van der Waals surface area contributed by atoms with Crippen LogP contribution in [0.1, 0.15) is 38.8 Å². The molecule has 0 spiro atoms. The molecule has 18 heavy (non-hydrogen) atoms. The summed E-state index contributed by atoms with van der Waals surface area (Å²) in [6, 6.07) is 4.87. The molecule has 1 aliphatic heterocycles. The van der Waals surface area contributed by atoms with Gasteiger partial charge in [-0.25, -0.2) is 4.39 Å². The molecular formula is C15H28FNO. The van der Waals surface area contributed by atoms with Gasteiger partial charge in [-0.15, -0.1) is 0 Å². The quantitative estimate of drug-likeness (QED) is 0.763. The molecule has 0 aliphatic carbocycles. The molecule has 2 nitrogen and oxygen atoms in total. The van der Waals surface area contributed by atoms with Crippen LogP contribution in [0.2, 0.25) is 0 Å². The molecule has 0 fully saturated rings. The molecular weight excluding hydrogens is 229 g/mol. The van der Waals surface area contributed by atoms with Crippen LogP contribution in [0.15, 0.2) is 18.2 Å². The minimum Gasteiger partial charge on any atom is -0.376 e. The van der Waals surface area contributed by atoms with E-state index in [2.05, 4.69) is 5.32 Å². The van der Waals surface area contributed by atoms with Crippen LogP contribution in [-0.2, 0) is 17.8 Å². The fourth-order valence-electron chi connectivity index (χ4n) is 1.33. The second-order valence-electron chi connectivity index (χ2n) is 3.22. The van der Waals surface area contributed by atoms with E-state index < -0.39 is 0 Å². The number of halogens is 1. The molecule has 2 rings (SSSR count). The average molecular weight is 257 g/mol. The fraction of sp³-hybridized carbons (Fsp3) is 0.600. The van der Waals surface area contributed by atoms with Crippen LogP contribution in [0.25, 0.3) is 0 Å². The number of hydrogen-bond donors (Lipinski definition) is 1. The van der Waals surface area contributed by atoms with Crippen molar-refractivity contribution in [1.82, 2.24) is 5.32 Å². The van der Waals surface area contributed by atoms with Gasteiger partial charge >= 0.3 is 0 Å². The van der Waals surface area contributed by atoms with Crippen LogP contribution in [0.5, 0.6) is 0 Å². The lowest BCUT2D eigenvalue weighted by atomic mass is 10.0. The zero-order chi connectivity index (χ0) is 14.4. The van der Waals surface area contributed by atoms with E-state index in [4.69, 9.17) is 4.74 Å². The van der Waals surface area contributed by atoms with Crippen LogP contribution >= 0.6 is 0 Å². The van der Waals surface area contributed by atoms with Crippen LogP contribution in [-0.4, -0.2) is 20.7 Å². The molecule has 106 valence electrons. The first-order valence-corrected chi connectivity index (χ1v) is 6.71. The van der Waals surface area contributed by atoms with E-state index >= 15 is 0 Å². The van der Waals surface area contributed by atoms with Gasteiger partial charge in [-0.2, -0.15) is 0 Å². The third kappa shape index (κ3) is 8.20. The van der Waals surface area contributed by atoms with Gasteiger partial charge in [0.15, 0.2) is 0 Å². The smallest absolute Gasteiger partial charge is 0.123 e. The van der Waals surface area contributed by atoms with Crippen molar-refractivity contribution in [3.63, 3.8) is 0 Å². The minimum atomic E-state index is -0.148. The summed E-state index contributed by atoms with van der Waals surface area (Å²) < 4.78 is 17.9. The summed E-state index contributed by atoms with van der Waals surface area (Å²) in [7, 11) is 3.75. The molecule has 1 aromatic rings. The van der Waals surface area contributed by atoms with Gasteiger partial charge in [-0.05, 0) is 43.8 Å². The lowest BCUT2D eigenvalue weighted by Crippen LogP contribution is -2.09. The fourth-order valence-corrected chi connectivity index (χ4v) is 1.33. The summed E-state index contributed by atoms with van der Waals surface area (Å²) in [5, 5.41) is 2.75. The van der Waals surface area contributed by atoms with E-state index in [-0.39, 0.29) is 5.82 Å². The van der Waals surface area contributed by atoms with Gasteiger partial charge < -0.3 is 10.1 Å². The Morgan fingerprint density at radius 3 is 2.17 bits per heavy atom. The molecule has 0 saturated heterocycles. The van der Waals surface area contributed by atoms with Crippen LogP contribution < -0.4 is 5.32 Å². The number of hydrogen-bond acceptors (Lipinski definition) is 2. The maximum Gasteiger partial charge on any atom is 0.123 e. The molecule has 0 radical (unpaired) electrons. The highest BCUT2D eigenvalue weighted by Gasteiger charge is 2.08. The molecule has 0 amide bonds. The molecule has 1 heterocycles. The maximum absolute atomic E-state index is 12.7.